The minimum Gasteiger partial charge on any atom is -0.399 e. The van der Waals surface area contributed by atoms with Gasteiger partial charge < -0.3 is 16.8 Å². The molecule has 1 aromatic carbocycles. The van der Waals surface area contributed by atoms with E-state index in [0.717, 1.165) is 25.2 Å². The molecule has 0 aliphatic rings. The Bertz CT molecular complexity index is 556. The van der Waals surface area contributed by atoms with Gasteiger partial charge in [-0.1, -0.05) is 6.07 Å². The second-order valence-corrected chi connectivity index (χ2v) is 5.71. The molecule has 0 spiro atoms. The zero-order valence-corrected chi connectivity index (χ0v) is 12.8. The summed E-state index contributed by atoms with van der Waals surface area (Å²) in [4.78, 5) is 0. The van der Waals surface area contributed by atoms with Crippen molar-refractivity contribution in [2.45, 2.75) is 19.9 Å². The highest BCUT2D eigenvalue weighted by molar-refractivity contribution is 5.44. The highest BCUT2D eigenvalue weighted by atomic mass is 15.2. The Morgan fingerprint density at radius 2 is 2.10 bits per heavy atom. The van der Waals surface area contributed by atoms with E-state index in [1.807, 2.05) is 36.3 Å². The maximum Gasteiger partial charge on any atom is 0.0521 e. The average molecular weight is 287 g/mol. The van der Waals surface area contributed by atoms with Crippen LogP contribution < -0.4 is 16.8 Å². The topological polar surface area (TPSA) is 81.9 Å². The lowest BCUT2D eigenvalue weighted by Gasteiger charge is -2.15. The lowest BCUT2D eigenvalue weighted by molar-refractivity contribution is 0.481. The van der Waals surface area contributed by atoms with Gasteiger partial charge in [-0.25, -0.2) is 0 Å². The van der Waals surface area contributed by atoms with Crippen molar-refractivity contribution >= 4 is 5.69 Å². The normalized spacial score (nSPS) is 12.5. The van der Waals surface area contributed by atoms with Crippen LogP contribution >= 0.6 is 0 Å². The first-order chi connectivity index (χ1) is 10.1. The van der Waals surface area contributed by atoms with Gasteiger partial charge in [0.15, 0.2) is 0 Å². The molecular weight excluding hydrogens is 262 g/mol. The number of nitrogens with one attached hydrogen (secondary N) is 1. The predicted octanol–water partition coefficient (Wildman–Crippen LogP) is 1.22. The Balaban J connectivity index is 1.82. The molecule has 21 heavy (non-hydrogen) atoms. The second kappa shape index (κ2) is 7.24. The van der Waals surface area contributed by atoms with Gasteiger partial charge in [-0.2, -0.15) is 5.10 Å². The van der Waals surface area contributed by atoms with Crippen LogP contribution in [0.5, 0.6) is 0 Å². The van der Waals surface area contributed by atoms with E-state index in [-0.39, 0.29) is 0 Å². The van der Waals surface area contributed by atoms with Crippen LogP contribution in [0.15, 0.2) is 30.6 Å². The fraction of sp³-hybridized carbons (Fsp3) is 0.438. The lowest BCUT2D eigenvalue weighted by Crippen LogP contribution is -2.29. The molecule has 2 aromatic rings. The molecule has 0 aliphatic heterocycles. The number of anilines is 1. The van der Waals surface area contributed by atoms with Crippen molar-refractivity contribution in [3.8, 4) is 0 Å². The Hall–Kier alpha value is -1.85. The number of nitrogen functional groups attached to an aromatic ring is 1. The monoisotopic (exact) mass is 287 g/mol. The minimum absolute atomic E-state index is 0.413. The molecule has 0 radical (unpaired) electrons. The number of hydrogen-bond donors (Lipinski definition) is 3. The van der Waals surface area contributed by atoms with Crippen molar-refractivity contribution in [1.29, 1.82) is 0 Å². The first kappa shape index (κ1) is 15.5. The van der Waals surface area contributed by atoms with Gasteiger partial charge in [0, 0.05) is 25.5 Å². The molecule has 0 amide bonds. The van der Waals surface area contributed by atoms with Crippen molar-refractivity contribution in [3.63, 3.8) is 0 Å². The van der Waals surface area contributed by atoms with Gasteiger partial charge in [-0.05, 0) is 61.2 Å². The molecule has 0 aliphatic carbocycles. The number of nitrogens with zero attached hydrogens (tertiary/aromatic N) is 2. The fourth-order valence-corrected chi connectivity index (χ4v) is 2.57. The van der Waals surface area contributed by atoms with Crippen LogP contribution in [0.2, 0.25) is 0 Å². The van der Waals surface area contributed by atoms with E-state index < -0.39 is 0 Å². The first-order valence-corrected chi connectivity index (χ1v) is 7.31. The summed E-state index contributed by atoms with van der Waals surface area (Å²) >= 11 is 0. The third-order valence-electron chi connectivity index (χ3n) is 3.54. The Morgan fingerprint density at radius 1 is 1.29 bits per heavy atom. The third-order valence-corrected chi connectivity index (χ3v) is 3.54. The Labute approximate surface area is 126 Å². The number of aromatic nitrogens is 2. The predicted molar refractivity (Wildman–Crippen MR) is 86.8 cm³/mol. The summed E-state index contributed by atoms with van der Waals surface area (Å²) in [5.41, 5.74) is 16.2. The molecule has 5 nitrogen and oxygen atoms in total. The van der Waals surface area contributed by atoms with E-state index in [4.69, 9.17) is 11.5 Å². The van der Waals surface area contributed by atoms with Crippen LogP contribution in [-0.4, -0.2) is 22.9 Å². The van der Waals surface area contributed by atoms with Gasteiger partial charge >= 0.3 is 0 Å². The molecule has 0 saturated heterocycles. The number of benzene rings is 1. The van der Waals surface area contributed by atoms with Crippen molar-refractivity contribution in [2.24, 2.45) is 18.7 Å². The van der Waals surface area contributed by atoms with E-state index in [1.165, 1.54) is 16.7 Å². The molecule has 2 rings (SSSR count). The summed E-state index contributed by atoms with van der Waals surface area (Å²) in [7, 11) is 1.93. The van der Waals surface area contributed by atoms with Gasteiger partial charge in [0.1, 0.15) is 0 Å². The van der Waals surface area contributed by atoms with E-state index in [9.17, 15) is 0 Å². The molecule has 1 heterocycles. The van der Waals surface area contributed by atoms with E-state index in [0.29, 0.717) is 12.5 Å². The van der Waals surface area contributed by atoms with Gasteiger partial charge in [0.25, 0.3) is 0 Å². The largest absolute Gasteiger partial charge is 0.399 e. The summed E-state index contributed by atoms with van der Waals surface area (Å²) < 4.78 is 1.83. The number of hydrogen-bond acceptors (Lipinski definition) is 4. The highest BCUT2D eigenvalue weighted by Crippen LogP contribution is 2.11. The number of rotatable bonds is 7. The second-order valence-electron chi connectivity index (χ2n) is 5.71. The Kier molecular flexibility index (Phi) is 5.36. The zero-order valence-electron chi connectivity index (χ0n) is 12.8. The van der Waals surface area contributed by atoms with Crippen LogP contribution in [0.1, 0.15) is 16.7 Å². The molecule has 0 fully saturated rings. The van der Waals surface area contributed by atoms with Crippen molar-refractivity contribution in [3.05, 3.63) is 47.3 Å². The van der Waals surface area contributed by atoms with Crippen LogP contribution in [0.3, 0.4) is 0 Å². The summed E-state index contributed by atoms with van der Waals surface area (Å²) in [5.74, 6) is 0.413. The van der Waals surface area contributed by atoms with Gasteiger partial charge in [-0.3, -0.25) is 4.68 Å². The van der Waals surface area contributed by atoms with Gasteiger partial charge in [0.2, 0.25) is 0 Å². The number of nitrogens with two attached hydrogens (primary N) is 2. The third kappa shape index (κ3) is 4.88. The molecule has 0 bridgehead atoms. The quantitative estimate of drug-likeness (QED) is 0.669. The minimum atomic E-state index is 0.413. The van der Waals surface area contributed by atoms with Crippen LogP contribution in [0.25, 0.3) is 0 Å². The van der Waals surface area contributed by atoms with Gasteiger partial charge in [-0.15, -0.1) is 0 Å². The van der Waals surface area contributed by atoms with Crippen molar-refractivity contribution in [1.82, 2.24) is 15.1 Å². The van der Waals surface area contributed by atoms with Crippen molar-refractivity contribution in [2.75, 3.05) is 18.8 Å². The van der Waals surface area contributed by atoms with E-state index in [1.54, 1.807) is 0 Å². The van der Waals surface area contributed by atoms with Crippen molar-refractivity contribution < 1.29 is 0 Å². The molecule has 5 heteroatoms. The maximum atomic E-state index is 5.87. The van der Waals surface area contributed by atoms with Gasteiger partial charge in [0.05, 0.1) is 6.20 Å². The average Bonchev–Trinajstić information content (AvgIpc) is 2.82. The lowest BCUT2D eigenvalue weighted by atomic mass is 10.0. The standard InChI is InChI=1S/C16H25N5/c1-12-3-13(6-16(18)4-12)8-19-9-14(7-17)5-15-10-20-21(2)11-15/h3-4,6,10-11,14,19H,5,7-9,17-18H2,1-2H3. The summed E-state index contributed by atoms with van der Waals surface area (Å²) in [6.07, 6.45) is 4.90. The molecule has 5 N–H and O–H groups in total. The highest BCUT2D eigenvalue weighted by Gasteiger charge is 2.09. The fourth-order valence-electron chi connectivity index (χ4n) is 2.57. The molecular formula is C16H25N5. The maximum absolute atomic E-state index is 5.87. The Morgan fingerprint density at radius 3 is 2.71 bits per heavy atom. The van der Waals surface area contributed by atoms with E-state index in [2.05, 4.69) is 23.4 Å². The molecule has 0 saturated carbocycles. The molecule has 1 unspecified atom stereocenters. The van der Waals surface area contributed by atoms with E-state index >= 15 is 0 Å². The van der Waals surface area contributed by atoms with Crippen LogP contribution in [0, 0.1) is 12.8 Å². The van der Waals surface area contributed by atoms with Crippen LogP contribution in [-0.2, 0) is 20.0 Å². The SMILES string of the molecule is Cc1cc(N)cc(CNCC(CN)Cc2cnn(C)c2)c1. The molecule has 1 atom stereocenters. The summed E-state index contributed by atoms with van der Waals surface area (Å²) in [6, 6.07) is 6.15. The smallest absolute Gasteiger partial charge is 0.0521 e. The summed E-state index contributed by atoms with van der Waals surface area (Å²) in [6.45, 7) is 4.43. The zero-order chi connectivity index (χ0) is 15.2. The first-order valence-electron chi connectivity index (χ1n) is 7.31. The molecule has 1 aromatic heterocycles. The summed E-state index contributed by atoms with van der Waals surface area (Å²) in [5, 5.41) is 7.66. The van der Waals surface area contributed by atoms with Crippen LogP contribution in [0.4, 0.5) is 5.69 Å². The number of aryl methyl sites for hydroxylation is 2. The molecule has 114 valence electrons.